The van der Waals surface area contributed by atoms with Gasteiger partial charge in [-0.05, 0) is 52.8 Å². The molecule has 0 radical (unpaired) electrons. The highest BCUT2D eigenvalue weighted by Gasteiger charge is 2.28. The second kappa shape index (κ2) is 5.42. The van der Waals surface area contributed by atoms with Gasteiger partial charge in [0, 0.05) is 5.92 Å². The molecule has 0 heterocycles. The summed E-state index contributed by atoms with van der Waals surface area (Å²) in [4.78, 5) is 0. The van der Waals surface area contributed by atoms with Crippen molar-refractivity contribution in [1.82, 2.24) is 0 Å². The van der Waals surface area contributed by atoms with E-state index < -0.39 is 0 Å². The molecule has 22 heavy (non-hydrogen) atoms. The molecule has 1 aliphatic carbocycles. The summed E-state index contributed by atoms with van der Waals surface area (Å²) in [5.74, 6) is 0.212. The first-order valence-electron chi connectivity index (χ1n) is 7.75. The summed E-state index contributed by atoms with van der Waals surface area (Å²) in [7, 11) is 0. The molecule has 0 spiro atoms. The normalized spacial score (nSPS) is 15.4. The van der Waals surface area contributed by atoms with Crippen LogP contribution < -0.4 is 0 Å². The standard InChI is InChI=1S/C21H17F/c22-16-11-13-20-19(12-10-15-6-2-1-3-7-15)17-8-4-5-9-18(17)21(20)14-16/h1-9,11,13-14,19H,10,12H2. The van der Waals surface area contributed by atoms with Gasteiger partial charge < -0.3 is 0 Å². The minimum absolute atomic E-state index is 0.155. The molecule has 1 atom stereocenters. The summed E-state index contributed by atoms with van der Waals surface area (Å²) in [5, 5.41) is 0. The molecule has 108 valence electrons. The zero-order chi connectivity index (χ0) is 14.9. The second-order valence-electron chi connectivity index (χ2n) is 5.90. The monoisotopic (exact) mass is 288 g/mol. The molecule has 0 N–H and O–H groups in total. The highest BCUT2D eigenvalue weighted by Crippen LogP contribution is 2.46. The van der Waals surface area contributed by atoms with Crippen LogP contribution in [0.4, 0.5) is 4.39 Å². The van der Waals surface area contributed by atoms with Crippen LogP contribution in [-0.4, -0.2) is 0 Å². The van der Waals surface area contributed by atoms with Crippen LogP contribution in [0, 0.1) is 5.82 Å². The summed E-state index contributed by atoms with van der Waals surface area (Å²) in [6, 6.07) is 24.2. The summed E-state index contributed by atoms with van der Waals surface area (Å²) < 4.78 is 13.6. The largest absolute Gasteiger partial charge is 0.207 e. The topological polar surface area (TPSA) is 0 Å². The van der Waals surface area contributed by atoms with E-state index in [1.54, 1.807) is 12.1 Å². The Hall–Kier alpha value is -2.41. The fraction of sp³-hybridized carbons (Fsp3) is 0.143. The van der Waals surface area contributed by atoms with Crippen LogP contribution in [0.2, 0.25) is 0 Å². The number of benzene rings is 3. The van der Waals surface area contributed by atoms with Crippen LogP contribution in [0.15, 0.2) is 72.8 Å². The van der Waals surface area contributed by atoms with Crippen molar-refractivity contribution in [2.24, 2.45) is 0 Å². The predicted octanol–water partition coefficient (Wildman–Crippen LogP) is 5.57. The van der Waals surface area contributed by atoms with Gasteiger partial charge in [0.1, 0.15) is 5.82 Å². The maximum atomic E-state index is 13.6. The molecular weight excluding hydrogens is 271 g/mol. The zero-order valence-corrected chi connectivity index (χ0v) is 12.3. The third kappa shape index (κ3) is 2.23. The number of rotatable bonds is 3. The van der Waals surface area contributed by atoms with Gasteiger partial charge in [0.15, 0.2) is 0 Å². The molecule has 3 aromatic carbocycles. The predicted molar refractivity (Wildman–Crippen MR) is 88.4 cm³/mol. The van der Waals surface area contributed by atoms with Crippen molar-refractivity contribution in [3.63, 3.8) is 0 Å². The fourth-order valence-corrected chi connectivity index (χ4v) is 3.55. The third-order valence-corrected chi connectivity index (χ3v) is 4.58. The molecule has 0 amide bonds. The lowest BCUT2D eigenvalue weighted by Gasteiger charge is -2.13. The lowest BCUT2D eigenvalue weighted by molar-refractivity contribution is 0.627. The lowest BCUT2D eigenvalue weighted by atomic mass is 9.90. The lowest BCUT2D eigenvalue weighted by Crippen LogP contribution is -1.99. The van der Waals surface area contributed by atoms with Crippen molar-refractivity contribution in [2.75, 3.05) is 0 Å². The van der Waals surface area contributed by atoms with Crippen LogP contribution in [0.25, 0.3) is 11.1 Å². The zero-order valence-electron chi connectivity index (χ0n) is 12.3. The molecule has 0 fully saturated rings. The first-order chi connectivity index (χ1) is 10.8. The van der Waals surface area contributed by atoms with E-state index in [9.17, 15) is 4.39 Å². The van der Waals surface area contributed by atoms with E-state index >= 15 is 0 Å². The summed E-state index contributed by atoms with van der Waals surface area (Å²) in [6.45, 7) is 0. The van der Waals surface area contributed by atoms with Gasteiger partial charge in [0.05, 0.1) is 0 Å². The van der Waals surface area contributed by atoms with E-state index in [0.717, 1.165) is 18.4 Å². The molecule has 0 saturated carbocycles. The number of hydrogen-bond acceptors (Lipinski definition) is 0. The fourth-order valence-electron chi connectivity index (χ4n) is 3.55. The second-order valence-corrected chi connectivity index (χ2v) is 5.90. The molecule has 1 unspecified atom stereocenters. The number of halogens is 1. The number of hydrogen-bond donors (Lipinski definition) is 0. The van der Waals surface area contributed by atoms with Gasteiger partial charge in [0.25, 0.3) is 0 Å². The summed E-state index contributed by atoms with van der Waals surface area (Å²) in [5.41, 5.74) is 6.21. The van der Waals surface area contributed by atoms with E-state index in [2.05, 4.69) is 42.5 Å². The highest BCUT2D eigenvalue weighted by atomic mass is 19.1. The molecule has 0 saturated heterocycles. The Bertz CT molecular complexity index is 805. The van der Waals surface area contributed by atoms with E-state index in [-0.39, 0.29) is 5.82 Å². The Balaban J connectivity index is 1.71. The molecule has 0 bridgehead atoms. The first-order valence-corrected chi connectivity index (χ1v) is 7.75. The van der Waals surface area contributed by atoms with E-state index in [0.29, 0.717) is 5.92 Å². The van der Waals surface area contributed by atoms with Gasteiger partial charge in [-0.15, -0.1) is 0 Å². The molecule has 1 aliphatic rings. The van der Waals surface area contributed by atoms with E-state index in [4.69, 9.17) is 0 Å². The van der Waals surface area contributed by atoms with E-state index in [1.165, 1.54) is 22.3 Å². The molecule has 0 aliphatic heterocycles. The Morgan fingerprint density at radius 3 is 2.32 bits per heavy atom. The van der Waals surface area contributed by atoms with Crippen LogP contribution in [-0.2, 0) is 6.42 Å². The molecule has 4 rings (SSSR count). The van der Waals surface area contributed by atoms with E-state index in [1.807, 2.05) is 18.2 Å². The number of aryl methyl sites for hydroxylation is 1. The number of fused-ring (bicyclic) bond motifs is 3. The average molecular weight is 288 g/mol. The van der Waals surface area contributed by atoms with Gasteiger partial charge in [-0.2, -0.15) is 0 Å². The van der Waals surface area contributed by atoms with Crippen molar-refractivity contribution in [3.8, 4) is 11.1 Å². The van der Waals surface area contributed by atoms with Crippen LogP contribution >= 0.6 is 0 Å². The van der Waals surface area contributed by atoms with Crippen LogP contribution in [0.1, 0.15) is 29.0 Å². The summed E-state index contributed by atoms with van der Waals surface area (Å²) >= 11 is 0. The minimum atomic E-state index is -0.155. The third-order valence-electron chi connectivity index (χ3n) is 4.58. The maximum Gasteiger partial charge on any atom is 0.123 e. The minimum Gasteiger partial charge on any atom is -0.207 e. The SMILES string of the molecule is Fc1ccc2c(c1)-c1ccccc1C2CCc1ccccc1. The van der Waals surface area contributed by atoms with Gasteiger partial charge in [-0.3, -0.25) is 0 Å². The molecule has 3 aromatic rings. The van der Waals surface area contributed by atoms with Gasteiger partial charge in [0.2, 0.25) is 0 Å². The Morgan fingerprint density at radius 2 is 1.45 bits per heavy atom. The Kier molecular flexibility index (Phi) is 3.27. The average Bonchev–Trinajstić information content (AvgIpc) is 2.87. The molecular formula is C21H17F. The highest BCUT2D eigenvalue weighted by molar-refractivity contribution is 5.78. The molecule has 0 aromatic heterocycles. The Morgan fingerprint density at radius 1 is 0.727 bits per heavy atom. The van der Waals surface area contributed by atoms with Crippen molar-refractivity contribution in [2.45, 2.75) is 18.8 Å². The van der Waals surface area contributed by atoms with Crippen LogP contribution in [0.5, 0.6) is 0 Å². The van der Waals surface area contributed by atoms with Crippen molar-refractivity contribution < 1.29 is 4.39 Å². The van der Waals surface area contributed by atoms with Gasteiger partial charge >= 0.3 is 0 Å². The molecule has 0 nitrogen and oxygen atoms in total. The Labute approximate surface area is 130 Å². The summed E-state index contributed by atoms with van der Waals surface area (Å²) in [6.07, 6.45) is 2.09. The quantitative estimate of drug-likeness (QED) is 0.591. The first kappa shape index (κ1) is 13.3. The van der Waals surface area contributed by atoms with Gasteiger partial charge in [-0.25, -0.2) is 4.39 Å². The van der Waals surface area contributed by atoms with Crippen molar-refractivity contribution in [1.29, 1.82) is 0 Å². The van der Waals surface area contributed by atoms with Gasteiger partial charge in [-0.1, -0.05) is 60.7 Å². The smallest absolute Gasteiger partial charge is 0.123 e. The maximum absolute atomic E-state index is 13.6. The van der Waals surface area contributed by atoms with Crippen molar-refractivity contribution >= 4 is 0 Å². The van der Waals surface area contributed by atoms with Crippen molar-refractivity contribution in [3.05, 3.63) is 95.3 Å². The molecule has 1 heteroatoms. The van der Waals surface area contributed by atoms with Crippen LogP contribution in [0.3, 0.4) is 0 Å².